The zero-order valence-corrected chi connectivity index (χ0v) is 19.2. The molecule has 0 atom stereocenters. The van der Waals surface area contributed by atoms with Crippen molar-refractivity contribution in [3.8, 4) is 11.1 Å². The first-order valence-corrected chi connectivity index (χ1v) is 10.8. The summed E-state index contributed by atoms with van der Waals surface area (Å²) in [5, 5.41) is 0. The van der Waals surface area contributed by atoms with Gasteiger partial charge in [-0.3, -0.25) is 0 Å². The molecular weight excluding hydrogens is 324 g/mol. The van der Waals surface area contributed by atoms with Gasteiger partial charge in [0.2, 0.25) is 0 Å². The topological polar surface area (TPSA) is 0 Å². The van der Waals surface area contributed by atoms with Crippen LogP contribution < -0.4 is 0 Å². The second-order valence-corrected chi connectivity index (χ2v) is 10.2. The normalized spacial score (nSPS) is 13.7. The molecule has 0 heteroatoms. The Labute approximate surface area is 168 Å². The average molecular weight is 365 g/mol. The van der Waals surface area contributed by atoms with E-state index in [1.165, 1.54) is 52.6 Å². The van der Waals surface area contributed by atoms with Gasteiger partial charge >= 0.3 is 0 Å². The second kappa shape index (κ2) is 8.21. The van der Waals surface area contributed by atoms with Crippen molar-refractivity contribution in [2.24, 2.45) is 0 Å². The first-order chi connectivity index (χ1) is 12.5. The van der Waals surface area contributed by atoms with Gasteiger partial charge in [0.15, 0.2) is 0 Å². The Balaban J connectivity index is 0.000000465. The van der Waals surface area contributed by atoms with Crippen LogP contribution >= 0.6 is 0 Å². The van der Waals surface area contributed by atoms with Crippen LogP contribution in [0.4, 0.5) is 0 Å². The van der Waals surface area contributed by atoms with Gasteiger partial charge in [-0.25, -0.2) is 0 Å². The van der Waals surface area contributed by atoms with Crippen LogP contribution in [-0.4, -0.2) is 0 Å². The minimum atomic E-state index is 0.208. The molecule has 0 unspecified atom stereocenters. The molecule has 0 radical (unpaired) electrons. The first-order valence-electron chi connectivity index (χ1n) is 10.8. The highest BCUT2D eigenvalue weighted by Gasteiger charge is 2.28. The maximum atomic E-state index is 2.43. The maximum absolute atomic E-state index is 2.43. The van der Waals surface area contributed by atoms with E-state index >= 15 is 0 Å². The summed E-state index contributed by atoms with van der Waals surface area (Å²) in [6, 6.07) is 14.1. The van der Waals surface area contributed by atoms with Crippen molar-refractivity contribution in [2.75, 3.05) is 0 Å². The van der Waals surface area contributed by atoms with Crippen LogP contribution in [0.5, 0.6) is 0 Å². The summed E-state index contributed by atoms with van der Waals surface area (Å²) in [5.74, 6) is 0.495. The smallest absolute Gasteiger partial charge is 0.00735 e. The Morgan fingerprint density at radius 3 is 1.30 bits per heavy atom. The molecule has 0 heterocycles. The Kier molecular flexibility index (Phi) is 6.61. The summed E-state index contributed by atoms with van der Waals surface area (Å²) in [4.78, 5) is 0. The van der Waals surface area contributed by atoms with Crippen molar-refractivity contribution in [1.29, 1.82) is 0 Å². The van der Waals surface area contributed by atoms with Gasteiger partial charge in [-0.1, -0.05) is 118 Å². The van der Waals surface area contributed by atoms with Crippen LogP contribution in [0.3, 0.4) is 0 Å². The zero-order valence-electron chi connectivity index (χ0n) is 19.2. The lowest BCUT2D eigenvalue weighted by Crippen LogP contribution is -2.11. The lowest BCUT2D eigenvalue weighted by Gasteiger charge is -2.21. The summed E-state index contributed by atoms with van der Waals surface area (Å²) in [7, 11) is 0. The predicted octanol–water partition coefficient (Wildman–Crippen LogP) is 8.61. The Bertz CT molecular complexity index is 700. The van der Waals surface area contributed by atoms with E-state index in [1.54, 1.807) is 0 Å². The Morgan fingerprint density at radius 2 is 1.04 bits per heavy atom. The van der Waals surface area contributed by atoms with E-state index in [2.05, 4.69) is 98.7 Å². The third-order valence-electron chi connectivity index (χ3n) is 5.77. The van der Waals surface area contributed by atoms with Gasteiger partial charge in [-0.15, -0.1) is 0 Å². The molecule has 0 fully saturated rings. The maximum Gasteiger partial charge on any atom is 0.00735 e. The van der Waals surface area contributed by atoms with Crippen molar-refractivity contribution < 1.29 is 0 Å². The fourth-order valence-electron chi connectivity index (χ4n) is 3.79. The minimum absolute atomic E-state index is 0.208. The molecule has 0 saturated heterocycles. The van der Waals surface area contributed by atoms with E-state index in [0.717, 1.165) is 0 Å². The van der Waals surface area contributed by atoms with E-state index in [9.17, 15) is 0 Å². The van der Waals surface area contributed by atoms with Crippen LogP contribution in [0, 0.1) is 0 Å². The van der Waals surface area contributed by atoms with Crippen molar-refractivity contribution in [3.63, 3.8) is 0 Å². The van der Waals surface area contributed by atoms with Crippen molar-refractivity contribution >= 4 is 0 Å². The van der Waals surface area contributed by atoms with Crippen molar-refractivity contribution in [2.45, 2.75) is 98.3 Å². The highest BCUT2D eigenvalue weighted by Crippen LogP contribution is 2.46. The fourth-order valence-corrected chi connectivity index (χ4v) is 3.79. The molecule has 0 saturated carbocycles. The molecule has 0 aromatic heterocycles. The molecule has 27 heavy (non-hydrogen) atoms. The predicted molar refractivity (Wildman–Crippen MR) is 122 cm³/mol. The summed E-state index contributed by atoms with van der Waals surface area (Å²) >= 11 is 0. The third-order valence-corrected chi connectivity index (χ3v) is 5.77. The molecule has 148 valence electrons. The molecule has 2 aromatic rings. The van der Waals surface area contributed by atoms with Crippen molar-refractivity contribution in [1.82, 2.24) is 0 Å². The van der Waals surface area contributed by atoms with Crippen LogP contribution in [0.1, 0.15) is 110 Å². The van der Waals surface area contributed by atoms with Crippen molar-refractivity contribution in [3.05, 3.63) is 58.7 Å². The SMILES string of the molecule is CC1c2cc(C(C)(C)C)ccc2-c2ccc(C(C)(C)C)cc21.CCCCC. The van der Waals surface area contributed by atoms with Crippen LogP contribution in [0.2, 0.25) is 0 Å². The van der Waals surface area contributed by atoms with E-state index in [1.807, 2.05) is 0 Å². The molecule has 0 nitrogen and oxygen atoms in total. The lowest BCUT2D eigenvalue weighted by molar-refractivity contribution is 0.588. The van der Waals surface area contributed by atoms with E-state index in [0.29, 0.717) is 5.92 Å². The highest BCUT2D eigenvalue weighted by molar-refractivity contribution is 5.79. The molecule has 1 aliphatic carbocycles. The van der Waals surface area contributed by atoms with E-state index < -0.39 is 0 Å². The first kappa shape index (κ1) is 21.7. The molecule has 2 aromatic carbocycles. The summed E-state index contributed by atoms with van der Waals surface area (Å²) in [6.07, 6.45) is 4.08. The molecule has 3 rings (SSSR count). The number of unbranched alkanes of at least 4 members (excludes halogenated alkanes) is 2. The standard InChI is InChI=1S/C22H28.C5H12/c1-14-19-12-15(21(2,3)4)8-10-17(19)18-11-9-16(13-20(14)18)22(5,6)7;1-3-5-4-2/h8-14H,1-7H3;3-5H2,1-2H3. The Morgan fingerprint density at radius 1 is 0.667 bits per heavy atom. The summed E-state index contributed by atoms with van der Waals surface area (Å²) in [5.41, 5.74) is 9.12. The van der Waals surface area contributed by atoms with E-state index in [4.69, 9.17) is 0 Å². The molecule has 1 aliphatic rings. The molecule has 0 N–H and O–H groups in total. The lowest BCUT2D eigenvalue weighted by atomic mass is 9.84. The molecule has 0 spiro atoms. The van der Waals surface area contributed by atoms with Crippen LogP contribution in [0.15, 0.2) is 36.4 Å². The quantitative estimate of drug-likeness (QED) is 0.500. The van der Waals surface area contributed by atoms with Gasteiger partial charge in [-0.05, 0) is 44.2 Å². The largest absolute Gasteiger partial charge is 0.0654 e. The number of fused-ring (bicyclic) bond motifs is 3. The molecule has 0 amide bonds. The summed E-state index contributed by atoms with van der Waals surface area (Å²) in [6.45, 7) is 20.5. The number of benzene rings is 2. The Hall–Kier alpha value is -1.56. The molecule has 0 bridgehead atoms. The average Bonchev–Trinajstić information content (AvgIpc) is 2.87. The summed E-state index contributed by atoms with van der Waals surface area (Å²) < 4.78 is 0. The second-order valence-electron chi connectivity index (χ2n) is 10.2. The monoisotopic (exact) mass is 364 g/mol. The third kappa shape index (κ3) is 4.84. The number of hydrogen-bond acceptors (Lipinski definition) is 0. The van der Waals surface area contributed by atoms with Gasteiger partial charge in [0, 0.05) is 5.92 Å². The van der Waals surface area contributed by atoms with Crippen LogP contribution in [0.25, 0.3) is 11.1 Å². The minimum Gasteiger partial charge on any atom is -0.0654 e. The van der Waals surface area contributed by atoms with Crippen LogP contribution in [-0.2, 0) is 10.8 Å². The van der Waals surface area contributed by atoms with Gasteiger partial charge in [0.25, 0.3) is 0 Å². The van der Waals surface area contributed by atoms with Gasteiger partial charge in [0.1, 0.15) is 0 Å². The molecular formula is C27H40. The molecule has 0 aliphatic heterocycles. The van der Waals surface area contributed by atoms with Gasteiger partial charge in [0.05, 0.1) is 0 Å². The highest BCUT2D eigenvalue weighted by atomic mass is 14.3. The zero-order chi connectivity index (χ0) is 20.4. The van der Waals surface area contributed by atoms with Gasteiger partial charge < -0.3 is 0 Å². The number of rotatable bonds is 2. The number of hydrogen-bond donors (Lipinski definition) is 0. The van der Waals surface area contributed by atoms with Gasteiger partial charge in [-0.2, -0.15) is 0 Å². The fraction of sp³-hybridized carbons (Fsp3) is 0.556. The van der Waals surface area contributed by atoms with E-state index in [-0.39, 0.29) is 10.8 Å².